The lowest BCUT2D eigenvalue weighted by Gasteiger charge is -2.50. The molecule has 2 N–H and O–H groups in total. The van der Waals surface area contributed by atoms with Crippen LogP contribution in [0.25, 0.3) is 0 Å². The molecule has 3 aliphatic heterocycles. The van der Waals surface area contributed by atoms with E-state index < -0.39 is 35.8 Å². The summed E-state index contributed by atoms with van der Waals surface area (Å²) in [5, 5.41) is 22.7. The minimum Gasteiger partial charge on any atom is -0.481 e. The first-order valence-electron chi connectivity index (χ1n) is 11.9. The van der Waals surface area contributed by atoms with Gasteiger partial charge in [-0.3, -0.25) is 4.79 Å². The van der Waals surface area contributed by atoms with E-state index in [0.717, 1.165) is 5.56 Å². The summed E-state index contributed by atoms with van der Waals surface area (Å²) in [4.78, 5) is 13.3. The van der Waals surface area contributed by atoms with Crippen molar-refractivity contribution in [2.75, 3.05) is 0 Å². The van der Waals surface area contributed by atoms with E-state index in [-0.39, 0.29) is 5.56 Å². The van der Waals surface area contributed by atoms with E-state index in [1.165, 1.54) is 0 Å². The lowest BCUT2D eigenvalue weighted by Crippen LogP contribution is -2.57. The highest BCUT2D eigenvalue weighted by Crippen LogP contribution is 2.58. The highest BCUT2D eigenvalue weighted by atomic mass is 16.7. The maximum atomic E-state index is 13.3. The maximum absolute atomic E-state index is 13.3. The SMILES string of the molecule is O=C1c2ccc3c(c2OC(c2ccccc2)C1O)C1c2ccccc2OC(c2ccccc2)(O3)C1O. The van der Waals surface area contributed by atoms with Crippen molar-refractivity contribution >= 4 is 5.78 Å². The molecule has 0 amide bonds. The molecule has 178 valence electrons. The molecule has 6 heteroatoms. The second kappa shape index (κ2) is 7.68. The zero-order valence-corrected chi connectivity index (χ0v) is 19.1. The van der Waals surface area contributed by atoms with Gasteiger partial charge in [0, 0.05) is 16.7 Å². The molecule has 0 fully saturated rings. The largest absolute Gasteiger partial charge is 0.481 e. The van der Waals surface area contributed by atoms with Crippen LogP contribution in [0.4, 0.5) is 0 Å². The van der Waals surface area contributed by atoms with Crippen molar-refractivity contribution in [2.45, 2.75) is 30.0 Å². The molecule has 5 atom stereocenters. The summed E-state index contributed by atoms with van der Waals surface area (Å²) >= 11 is 0. The molecule has 0 aromatic heterocycles. The molecule has 3 heterocycles. The van der Waals surface area contributed by atoms with Crippen molar-refractivity contribution in [3.63, 3.8) is 0 Å². The summed E-state index contributed by atoms with van der Waals surface area (Å²) < 4.78 is 19.3. The highest BCUT2D eigenvalue weighted by Gasteiger charge is 2.59. The molecule has 5 unspecified atom stereocenters. The molecular weight excluding hydrogens is 456 g/mol. The first kappa shape index (κ1) is 21.2. The van der Waals surface area contributed by atoms with Crippen LogP contribution in [0.3, 0.4) is 0 Å². The molecule has 4 aromatic carbocycles. The summed E-state index contributed by atoms with van der Waals surface area (Å²) in [5.74, 6) is -1.13. The minimum atomic E-state index is -1.47. The third-order valence-corrected chi connectivity index (χ3v) is 7.32. The van der Waals surface area contributed by atoms with Crippen molar-refractivity contribution < 1.29 is 29.2 Å². The van der Waals surface area contributed by atoms with Gasteiger partial charge in [0.25, 0.3) is 0 Å². The van der Waals surface area contributed by atoms with Crippen molar-refractivity contribution in [3.8, 4) is 17.2 Å². The summed E-state index contributed by atoms with van der Waals surface area (Å²) in [6.45, 7) is 0. The Morgan fingerprint density at radius 3 is 2.17 bits per heavy atom. The van der Waals surface area contributed by atoms with Gasteiger partial charge in [0.05, 0.1) is 11.5 Å². The number of carbonyl (C=O) groups excluding carboxylic acids is 1. The van der Waals surface area contributed by atoms with E-state index in [0.29, 0.717) is 33.9 Å². The van der Waals surface area contributed by atoms with Gasteiger partial charge in [0.1, 0.15) is 23.4 Å². The zero-order chi connectivity index (χ0) is 24.4. The van der Waals surface area contributed by atoms with Crippen LogP contribution in [0.15, 0.2) is 97.1 Å². The fraction of sp³-hybridized carbons (Fsp3) is 0.167. The molecule has 3 aliphatic rings. The predicted molar refractivity (Wildman–Crippen MR) is 130 cm³/mol. The molecule has 2 bridgehead atoms. The van der Waals surface area contributed by atoms with Crippen molar-refractivity contribution in [1.82, 2.24) is 0 Å². The van der Waals surface area contributed by atoms with E-state index >= 15 is 0 Å². The van der Waals surface area contributed by atoms with Crippen molar-refractivity contribution in [2.24, 2.45) is 0 Å². The summed E-state index contributed by atoms with van der Waals surface area (Å²) in [5.41, 5.74) is 2.97. The smallest absolute Gasteiger partial charge is 0.305 e. The molecule has 0 saturated carbocycles. The number of rotatable bonds is 2. The molecule has 6 nitrogen and oxygen atoms in total. The van der Waals surface area contributed by atoms with Crippen LogP contribution in [-0.4, -0.2) is 28.2 Å². The van der Waals surface area contributed by atoms with Crippen molar-refractivity contribution in [1.29, 1.82) is 0 Å². The number of benzene rings is 4. The van der Waals surface area contributed by atoms with Crippen LogP contribution in [0.1, 0.15) is 44.6 Å². The Balaban J connectivity index is 1.46. The van der Waals surface area contributed by atoms with Gasteiger partial charge in [0.15, 0.2) is 18.0 Å². The second-order valence-electron chi connectivity index (χ2n) is 9.31. The summed E-state index contributed by atoms with van der Waals surface area (Å²) in [6.07, 6.45) is -3.36. The van der Waals surface area contributed by atoms with E-state index in [2.05, 4.69) is 0 Å². The van der Waals surface area contributed by atoms with Gasteiger partial charge in [-0.1, -0.05) is 78.9 Å². The molecule has 0 radical (unpaired) electrons. The fourth-order valence-corrected chi connectivity index (χ4v) is 5.63. The van der Waals surface area contributed by atoms with Gasteiger partial charge < -0.3 is 24.4 Å². The van der Waals surface area contributed by atoms with Gasteiger partial charge in [0.2, 0.25) is 0 Å². The summed E-state index contributed by atoms with van der Waals surface area (Å²) in [7, 11) is 0. The average Bonchev–Trinajstić information content (AvgIpc) is 2.91. The van der Waals surface area contributed by atoms with Crippen LogP contribution < -0.4 is 14.2 Å². The number of ether oxygens (including phenoxy) is 3. The number of ketones is 1. The number of hydrogen-bond donors (Lipinski definition) is 2. The zero-order valence-electron chi connectivity index (χ0n) is 19.1. The molecule has 0 saturated heterocycles. The first-order valence-corrected chi connectivity index (χ1v) is 11.9. The van der Waals surface area contributed by atoms with E-state index in [1.807, 2.05) is 84.9 Å². The molecule has 4 aromatic rings. The molecule has 36 heavy (non-hydrogen) atoms. The van der Waals surface area contributed by atoms with Crippen LogP contribution in [0, 0.1) is 0 Å². The average molecular weight is 479 g/mol. The fourth-order valence-electron chi connectivity index (χ4n) is 5.63. The Labute approximate surface area is 207 Å². The maximum Gasteiger partial charge on any atom is 0.305 e. The Morgan fingerprint density at radius 2 is 1.39 bits per heavy atom. The highest BCUT2D eigenvalue weighted by molar-refractivity contribution is 6.04. The Hall–Kier alpha value is -4.13. The topological polar surface area (TPSA) is 85.2 Å². The number of fused-ring (bicyclic) bond motifs is 8. The van der Waals surface area contributed by atoms with Crippen molar-refractivity contribution in [3.05, 3.63) is 125 Å². The van der Waals surface area contributed by atoms with Crippen LogP contribution >= 0.6 is 0 Å². The molecule has 7 rings (SSSR count). The number of carbonyl (C=O) groups is 1. The predicted octanol–water partition coefficient (Wildman–Crippen LogP) is 4.49. The standard InChI is InChI=1S/C30H22O6/c31-25-20-15-16-22-24(28(20)34-27(26(25)32)17-9-3-1-4-10-17)23-19-13-7-8-14-21(19)35-30(36-22,29(23)33)18-11-5-2-6-12-18/h1-16,23,26-27,29,32-33H. The van der Waals surface area contributed by atoms with E-state index in [4.69, 9.17) is 14.2 Å². The third kappa shape index (κ3) is 2.83. The van der Waals surface area contributed by atoms with Gasteiger partial charge in [-0.05, 0) is 23.8 Å². The van der Waals surface area contributed by atoms with Gasteiger partial charge in [-0.2, -0.15) is 0 Å². The summed E-state index contributed by atoms with van der Waals surface area (Å²) in [6, 6.07) is 29.3. The minimum absolute atomic E-state index is 0.264. The number of aliphatic hydroxyl groups excluding tert-OH is 2. The van der Waals surface area contributed by atoms with Crippen LogP contribution in [-0.2, 0) is 5.79 Å². The first-order chi connectivity index (χ1) is 17.6. The Morgan fingerprint density at radius 1 is 0.722 bits per heavy atom. The molecular formula is C30H22O6. The number of aliphatic hydroxyl groups is 2. The van der Waals surface area contributed by atoms with Gasteiger partial charge >= 0.3 is 5.79 Å². The normalized spacial score (nSPS) is 27.4. The van der Waals surface area contributed by atoms with Crippen LogP contribution in [0.5, 0.6) is 17.2 Å². The Bertz CT molecular complexity index is 1480. The Kier molecular flexibility index (Phi) is 4.52. The molecule has 0 aliphatic carbocycles. The van der Waals surface area contributed by atoms with E-state index in [9.17, 15) is 15.0 Å². The van der Waals surface area contributed by atoms with Gasteiger partial charge in [-0.25, -0.2) is 0 Å². The quantitative estimate of drug-likeness (QED) is 0.442. The van der Waals surface area contributed by atoms with E-state index in [1.54, 1.807) is 12.1 Å². The lowest BCUT2D eigenvalue weighted by molar-refractivity contribution is -0.218. The third-order valence-electron chi connectivity index (χ3n) is 7.32. The number of Topliss-reactive ketones (excluding diaryl/α,β-unsaturated/α-hetero) is 1. The second-order valence-corrected chi connectivity index (χ2v) is 9.31. The number of hydrogen-bond acceptors (Lipinski definition) is 6. The van der Waals surface area contributed by atoms with Crippen LogP contribution in [0.2, 0.25) is 0 Å². The van der Waals surface area contributed by atoms with Gasteiger partial charge in [-0.15, -0.1) is 0 Å². The molecule has 0 spiro atoms. The number of para-hydroxylation sites is 1. The monoisotopic (exact) mass is 478 g/mol. The lowest BCUT2D eigenvalue weighted by atomic mass is 9.74.